The lowest BCUT2D eigenvalue weighted by Crippen LogP contribution is -2.11. The van der Waals surface area contributed by atoms with Gasteiger partial charge in [0.05, 0.1) is 0 Å². The molecule has 2 rings (SSSR count). The van der Waals surface area contributed by atoms with E-state index in [-0.39, 0.29) is 0 Å². The molecule has 0 amide bonds. The first kappa shape index (κ1) is 10.5. The number of rotatable bonds is 4. The Balaban J connectivity index is 2.19. The van der Waals surface area contributed by atoms with Crippen molar-refractivity contribution in [2.45, 2.75) is 39.0 Å². The fraction of sp³-hybridized carbons (Fsp3) is 0.615. The largest absolute Gasteiger partial charge is 0.383 e. The van der Waals surface area contributed by atoms with Crippen molar-refractivity contribution in [3.63, 3.8) is 0 Å². The van der Waals surface area contributed by atoms with E-state index in [0.29, 0.717) is 11.8 Å². The smallest absolute Gasteiger partial charge is 0.126 e. The van der Waals surface area contributed by atoms with Crippen molar-refractivity contribution in [2.24, 2.45) is 11.8 Å². The molecule has 0 aromatic carbocycles. The maximum absolute atomic E-state index is 5.94. The minimum atomic E-state index is 0.589. The molecule has 15 heavy (non-hydrogen) atoms. The van der Waals surface area contributed by atoms with Crippen LogP contribution in [0.1, 0.15) is 44.6 Å². The molecule has 1 heterocycles. The molecule has 2 nitrogen and oxygen atoms in total. The molecule has 0 unspecified atom stereocenters. The summed E-state index contributed by atoms with van der Waals surface area (Å²) in [6.07, 6.45) is 5.87. The first-order chi connectivity index (χ1) is 7.18. The summed E-state index contributed by atoms with van der Waals surface area (Å²) >= 11 is 0. The summed E-state index contributed by atoms with van der Waals surface area (Å²) in [5.74, 6) is 2.90. The highest BCUT2D eigenvalue weighted by Crippen LogP contribution is 2.42. The molecule has 1 aromatic heterocycles. The highest BCUT2D eigenvalue weighted by Gasteiger charge is 2.28. The number of nitrogens with two attached hydrogens (primary N) is 1. The standard InChI is InChI=1S/C13H20N2/c1-9(2)12(8-10-5-6-10)11-4-3-7-15-13(11)14/h3-4,7,9-10,12H,5-6,8H2,1-2H3,(H2,14,15)/t12-/m0/s1. The maximum atomic E-state index is 5.94. The van der Waals surface area contributed by atoms with Gasteiger partial charge in [0.1, 0.15) is 5.82 Å². The average Bonchev–Trinajstić information content (AvgIpc) is 2.99. The van der Waals surface area contributed by atoms with Crippen molar-refractivity contribution >= 4 is 5.82 Å². The molecule has 1 fully saturated rings. The second-order valence-electron chi connectivity index (χ2n) is 5.01. The predicted molar refractivity (Wildman–Crippen MR) is 63.6 cm³/mol. The van der Waals surface area contributed by atoms with Crippen LogP contribution in [-0.2, 0) is 0 Å². The molecule has 0 aliphatic heterocycles. The van der Waals surface area contributed by atoms with Crippen molar-refractivity contribution in [3.8, 4) is 0 Å². The van der Waals surface area contributed by atoms with E-state index < -0.39 is 0 Å². The number of hydrogen-bond acceptors (Lipinski definition) is 2. The van der Waals surface area contributed by atoms with E-state index in [2.05, 4.69) is 24.9 Å². The molecule has 82 valence electrons. The number of nitrogen functional groups attached to an aromatic ring is 1. The average molecular weight is 204 g/mol. The van der Waals surface area contributed by atoms with Crippen LogP contribution in [0.2, 0.25) is 0 Å². The van der Waals surface area contributed by atoms with Crippen LogP contribution in [0.5, 0.6) is 0 Å². The van der Waals surface area contributed by atoms with Gasteiger partial charge in [0.25, 0.3) is 0 Å². The van der Waals surface area contributed by atoms with Gasteiger partial charge in [-0.15, -0.1) is 0 Å². The first-order valence-corrected chi connectivity index (χ1v) is 5.89. The summed E-state index contributed by atoms with van der Waals surface area (Å²) in [6, 6.07) is 4.13. The Bertz CT molecular complexity index is 329. The van der Waals surface area contributed by atoms with Crippen LogP contribution in [0.3, 0.4) is 0 Å². The van der Waals surface area contributed by atoms with E-state index in [1.165, 1.54) is 24.8 Å². The molecular formula is C13H20N2. The van der Waals surface area contributed by atoms with Crippen LogP contribution in [0, 0.1) is 11.8 Å². The van der Waals surface area contributed by atoms with Crippen LogP contribution in [-0.4, -0.2) is 4.98 Å². The van der Waals surface area contributed by atoms with Gasteiger partial charge in [-0.2, -0.15) is 0 Å². The second kappa shape index (κ2) is 4.21. The molecule has 0 spiro atoms. The van der Waals surface area contributed by atoms with E-state index in [1.54, 1.807) is 6.20 Å². The monoisotopic (exact) mass is 204 g/mol. The first-order valence-electron chi connectivity index (χ1n) is 5.89. The van der Waals surface area contributed by atoms with Crippen molar-refractivity contribution in [2.75, 3.05) is 5.73 Å². The van der Waals surface area contributed by atoms with Crippen LogP contribution in [0.15, 0.2) is 18.3 Å². The van der Waals surface area contributed by atoms with Gasteiger partial charge in [0, 0.05) is 6.20 Å². The summed E-state index contributed by atoms with van der Waals surface area (Å²) in [4.78, 5) is 4.19. The zero-order valence-corrected chi connectivity index (χ0v) is 9.61. The molecule has 0 bridgehead atoms. The molecule has 0 saturated heterocycles. The summed E-state index contributed by atoms with van der Waals surface area (Å²) in [7, 11) is 0. The summed E-state index contributed by atoms with van der Waals surface area (Å²) in [5.41, 5.74) is 7.19. The lowest BCUT2D eigenvalue weighted by molar-refractivity contribution is 0.446. The second-order valence-corrected chi connectivity index (χ2v) is 5.01. The zero-order chi connectivity index (χ0) is 10.8. The molecule has 1 atom stereocenters. The van der Waals surface area contributed by atoms with E-state index in [9.17, 15) is 0 Å². The fourth-order valence-corrected chi connectivity index (χ4v) is 2.21. The fourth-order valence-electron chi connectivity index (χ4n) is 2.21. The molecule has 1 aliphatic rings. The highest BCUT2D eigenvalue weighted by atomic mass is 14.8. The van der Waals surface area contributed by atoms with Gasteiger partial charge in [0.15, 0.2) is 0 Å². The SMILES string of the molecule is CC(C)[C@H](CC1CC1)c1cccnc1N. The van der Waals surface area contributed by atoms with E-state index in [0.717, 1.165) is 11.7 Å². The van der Waals surface area contributed by atoms with Gasteiger partial charge in [-0.25, -0.2) is 4.98 Å². The summed E-state index contributed by atoms with van der Waals surface area (Å²) in [5, 5.41) is 0. The third-order valence-electron chi connectivity index (χ3n) is 3.36. The van der Waals surface area contributed by atoms with Crippen molar-refractivity contribution in [1.29, 1.82) is 0 Å². The lowest BCUT2D eigenvalue weighted by Gasteiger charge is -2.22. The van der Waals surface area contributed by atoms with E-state index >= 15 is 0 Å². The Labute approximate surface area is 91.9 Å². The Kier molecular flexibility index (Phi) is 2.94. The van der Waals surface area contributed by atoms with Crippen molar-refractivity contribution < 1.29 is 0 Å². The normalized spacial score (nSPS) is 18.1. The third kappa shape index (κ3) is 2.49. The van der Waals surface area contributed by atoms with E-state index in [1.807, 2.05) is 6.07 Å². The van der Waals surface area contributed by atoms with Crippen LogP contribution in [0.25, 0.3) is 0 Å². The van der Waals surface area contributed by atoms with Gasteiger partial charge in [0.2, 0.25) is 0 Å². The number of anilines is 1. The van der Waals surface area contributed by atoms with Gasteiger partial charge in [-0.05, 0) is 35.8 Å². The highest BCUT2D eigenvalue weighted by molar-refractivity contribution is 5.41. The van der Waals surface area contributed by atoms with Gasteiger partial charge < -0.3 is 5.73 Å². The Morgan fingerprint density at radius 1 is 1.47 bits per heavy atom. The number of hydrogen-bond donors (Lipinski definition) is 1. The van der Waals surface area contributed by atoms with Crippen molar-refractivity contribution in [1.82, 2.24) is 4.98 Å². The summed E-state index contributed by atoms with van der Waals surface area (Å²) in [6.45, 7) is 4.55. The molecule has 1 saturated carbocycles. The van der Waals surface area contributed by atoms with Gasteiger partial charge in [-0.3, -0.25) is 0 Å². The zero-order valence-electron chi connectivity index (χ0n) is 9.61. The number of pyridine rings is 1. The minimum absolute atomic E-state index is 0.589. The Morgan fingerprint density at radius 2 is 2.20 bits per heavy atom. The molecule has 1 aromatic rings. The van der Waals surface area contributed by atoms with Gasteiger partial charge >= 0.3 is 0 Å². The number of aromatic nitrogens is 1. The maximum Gasteiger partial charge on any atom is 0.126 e. The topological polar surface area (TPSA) is 38.9 Å². The minimum Gasteiger partial charge on any atom is -0.383 e. The van der Waals surface area contributed by atoms with Crippen LogP contribution >= 0.6 is 0 Å². The third-order valence-corrected chi connectivity index (χ3v) is 3.36. The lowest BCUT2D eigenvalue weighted by atomic mass is 9.84. The van der Waals surface area contributed by atoms with Crippen LogP contribution in [0.4, 0.5) is 5.82 Å². The molecule has 2 heteroatoms. The molecule has 0 radical (unpaired) electrons. The van der Waals surface area contributed by atoms with Gasteiger partial charge in [-0.1, -0.05) is 32.8 Å². The van der Waals surface area contributed by atoms with E-state index in [4.69, 9.17) is 5.73 Å². The summed E-state index contributed by atoms with van der Waals surface area (Å²) < 4.78 is 0. The Morgan fingerprint density at radius 3 is 2.73 bits per heavy atom. The number of nitrogens with zero attached hydrogens (tertiary/aromatic N) is 1. The predicted octanol–water partition coefficient (Wildman–Crippen LogP) is 3.20. The quantitative estimate of drug-likeness (QED) is 0.818. The Hall–Kier alpha value is -1.05. The molecule has 2 N–H and O–H groups in total. The molecular weight excluding hydrogens is 184 g/mol. The van der Waals surface area contributed by atoms with Crippen molar-refractivity contribution in [3.05, 3.63) is 23.9 Å². The van der Waals surface area contributed by atoms with Crippen LogP contribution < -0.4 is 5.73 Å². The molecule has 1 aliphatic carbocycles.